The first-order chi connectivity index (χ1) is 6.02. The zero-order valence-electron chi connectivity index (χ0n) is 7.12. The Morgan fingerprint density at radius 1 is 1.62 bits per heavy atom. The summed E-state index contributed by atoms with van der Waals surface area (Å²) in [7, 11) is 0. The van der Waals surface area contributed by atoms with E-state index in [-0.39, 0.29) is 10.6 Å². The summed E-state index contributed by atoms with van der Waals surface area (Å²) < 4.78 is 0. The molecule has 2 nitrogen and oxygen atoms in total. The molecule has 0 aliphatic carbocycles. The van der Waals surface area contributed by atoms with Crippen LogP contribution in [0.3, 0.4) is 0 Å². The highest BCUT2D eigenvalue weighted by Gasteiger charge is 2.12. The number of halogens is 1. The smallest absolute Gasteiger partial charge is 0.147 e. The Bertz CT molecular complexity index is 340. The Kier molecular flexibility index (Phi) is 3.39. The maximum absolute atomic E-state index is 11.0. The van der Waals surface area contributed by atoms with E-state index in [1.165, 1.54) is 6.92 Å². The van der Waals surface area contributed by atoms with Crippen LogP contribution in [-0.4, -0.2) is 5.78 Å². The number of benzene rings is 1. The third kappa shape index (κ3) is 2.48. The molecule has 0 radical (unpaired) electrons. The fourth-order valence-corrected chi connectivity index (χ4v) is 1.46. The third-order valence-corrected chi connectivity index (χ3v) is 3.26. The number of hydrogen-bond acceptors (Lipinski definition) is 3. The first-order valence-electron chi connectivity index (χ1n) is 3.75. The number of alkyl halides is 1. The van der Waals surface area contributed by atoms with Gasteiger partial charge in [0.1, 0.15) is 5.78 Å². The van der Waals surface area contributed by atoms with Crippen molar-refractivity contribution in [2.45, 2.75) is 16.6 Å². The molecule has 1 rings (SSSR count). The topological polar surface area (TPSA) is 43.1 Å². The largest absolute Gasteiger partial charge is 0.398 e. The molecular weight excluding hydrogens is 250 g/mol. The lowest BCUT2D eigenvalue weighted by Gasteiger charge is -2.07. The van der Waals surface area contributed by atoms with Crippen molar-refractivity contribution in [1.82, 2.24) is 0 Å². The minimum atomic E-state index is -0.265. The van der Waals surface area contributed by atoms with Gasteiger partial charge >= 0.3 is 0 Å². The number of rotatable bonds is 2. The Morgan fingerprint density at radius 2 is 2.23 bits per heavy atom. The predicted molar refractivity (Wildman–Crippen MR) is 60.5 cm³/mol. The SMILES string of the molecule is CC(=O)C(Br)c1ccc(N)c(S)c1. The highest BCUT2D eigenvalue weighted by atomic mass is 79.9. The summed E-state index contributed by atoms with van der Waals surface area (Å²) in [5, 5.41) is 0. The molecule has 1 aromatic carbocycles. The molecule has 1 aromatic rings. The standard InChI is InChI=1S/C9H10BrNOS/c1-5(12)9(10)6-2-3-7(11)8(13)4-6/h2-4,9,13H,11H2,1H3. The fraction of sp³-hybridized carbons (Fsp3) is 0.222. The van der Waals surface area contributed by atoms with Crippen molar-refractivity contribution in [1.29, 1.82) is 0 Å². The number of nitrogen functional groups attached to an aromatic ring is 1. The highest BCUT2D eigenvalue weighted by Crippen LogP contribution is 2.27. The minimum Gasteiger partial charge on any atom is -0.398 e. The van der Waals surface area contributed by atoms with Crippen LogP contribution in [0.1, 0.15) is 17.3 Å². The number of thiol groups is 1. The third-order valence-electron chi connectivity index (χ3n) is 1.70. The maximum atomic E-state index is 11.0. The molecule has 13 heavy (non-hydrogen) atoms. The molecule has 70 valence electrons. The molecule has 2 N–H and O–H groups in total. The van der Waals surface area contributed by atoms with Crippen LogP contribution in [0.2, 0.25) is 0 Å². The highest BCUT2D eigenvalue weighted by molar-refractivity contribution is 9.09. The maximum Gasteiger partial charge on any atom is 0.147 e. The Labute approximate surface area is 91.1 Å². The Hall–Kier alpha value is -0.480. The first-order valence-corrected chi connectivity index (χ1v) is 5.11. The molecule has 0 aliphatic heterocycles. The zero-order chi connectivity index (χ0) is 10.0. The van der Waals surface area contributed by atoms with E-state index in [1.807, 2.05) is 6.07 Å². The van der Waals surface area contributed by atoms with Gasteiger partial charge in [-0.25, -0.2) is 0 Å². The molecule has 1 atom stereocenters. The number of anilines is 1. The fourth-order valence-electron chi connectivity index (χ4n) is 0.953. The molecule has 0 saturated carbocycles. The average Bonchev–Trinajstić information content (AvgIpc) is 2.08. The van der Waals surface area contributed by atoms with E-state index in [0.29, 0.717) is 10.6 Å². The molecule has 0 fully saturated rings. The quantitative estimate of drug-likeness (QED) is 0.487. The summed E-state index contributed by atoms with van der Waals surface area (Å²) in [6, 6.07) is 5.35. The number of Topliss-reactive ketones (excluding diaryl/α,β-unsaturated/α-hetero) is 1. The van der Waals surface area contributed by atoms with Crippen molar-refractivity contribution in [3.8, 4) is 0 Å². The molecule has 0 saturated heterocycles. The number of carbonyl (C=O) groups excluding carboxylic acids is 1. The van der Waals surface area contributed by atoms with Gasteiger partial charge in [0.05, 0.1) is 4.83 Å². The van der Waals surface area contributed by atoms with Crippen LogP contribution in [0.5, 0.6) is 0 Å². The lowest BCUT2D eigenvalue weighted by atomic mass is 10.1. The predicted octanol–water partition coefficient (Wildman–Crippen LogP) is 2.58. The van der Waals surface area contributed by atoms with Crippen molar-refractivity contribution < 1.29 is 4.79 Å². The van der Waals surface area contributed by atoms with Crippen molar-refractivity contribution >= 4 is 40.0 Å². The van der Waals surface area contributed by atoms with Crippen molar-refractivity contribution in [2.75, 3.05) is 5.73 Å². The van der Waals surface area contributed by atoms with Gasteiger partial charge in [0.25, 0.3) is 0 Å². The van der Waals surface area contributed by atoms with E-state index < -0.39 is 0 Å². The van der Waals surface area contributed by atoms with Crippen molar-refractivity contribution in [3.63, 3.8) is 0 Å². The number of carbonyl (C=O) groups is 1. The van der Waals surface area contributed by atoms with Crippen LogP contribution >= 0.6 is 28.6 Å². The second kappa shape index (κ2) is 4.15. The normalized spacial score (nSPS) is 12.5. The summed E-state index contributed by atoms with van der Waals surface area (Å²) in [6.07, 6.45) is 0. The minimum absolute atomic E-state index is 0.0671. The summed E-state index contributed by atoms with van der Waals surface area (Å²) in [6.45, 7) is 1.54. The Morgan fingerprint density at radius 3 is 2.69 bits per heavy atom. The summed E-state index contributed by atoms with van der Waals surface area (Å²) in [5.74, 6) is 0.0671. The number of ketones is 1. The monoisotopic (exact) mass is 259 g/mol. The molecule has 0 heterocycles. The van der Waals surface area contributed by atoms with Crippen LogP contribution < -0.4 is 5.73 Å². The van der Waals surface area contributed by atoms with E-state index in [2.05, 4.69) is 28.6 Å². The lowest BCUT2D eigenvalue weighted by molar-refractivity contribution is -0.116. The molecule has 0 bridgehead atoms. The molecule has 0 spiro atoms. The summed E-state index contributed by atoms with van der Waals surface area (Å²) >= 11 is 7.46. The van der Waals surface area contributed by atoms with E-state index >= 15 is 0 Å². The van der Waals surface area contributed by atoms with Gasteiger partial charge in [-0.2, -0.15) is 0 Å². The van der Waals surface area contributed by atoms with Gasteiger partial charge in [0, 0.05) is 10.6 Å². The Balaban J connectivity index is 3.03. The van der Waals surface area contributed by atoms with Gasteiger partial charge in [0.15, 0.2) is 0 Å². The van der Waals surface area contributed by atoms with Crippen LogP contribution in [0, 0.1) is 0 Å². The van der Waals surface area contributed by atoms with Crippen LogP contribution in [-0.2, 0) is 4.79 Å². The van der Waals surface area contributed by atoms with E-state index in [0.717, 1.165) is 5.56 Å². The van der Waals surface area contributed by atoms with Gasteiger partial charge in [-0.3, -0.25) is 4.79 Å². The van der Waals surface area contributed by atoms with Crippen molar-refractivity contribution in [2.24, 2.45) is 0 Å². The molecule has 0 amide bonds. The van der Waals surface area contributed by atoms with E-state index in [9.17, 15) is 4.79 Å². The van der Waals surface area contributed by atoms with Crippen LogP contribution in [0.4, 0.5) is 5.69 Å². The zero-order valence-corrected chi connectivity index (χ0v) is 9.60. The second-order valence-corrected chi connectivity index (χ2v) is 4.19. The molecular formula is C9H10BrNOS. The summed E-state index contributed by atoms with van der Waals surface area (Å²) in [4.78, 5) is 11.5. The number of nitrogens with two attached hydrogens (primary N) is 1. The summed E-state index contributed by atoms with van der Waals surface area (Å²) in [5.41, 5.74) is 7.09. The van der Waals surface area contributed by atoms with Gasteiger partial charge in [-0.1, -0.05) is 22.0 Å². The van der Waals surface area contributed by atoms with Gasteiger partial charge in [-0.05, 0) is 24.6 Å². The number of hydrogen-bond donors (Lipinski definition) is 2. The average molecular weight is 260 g/mol. The second-order valence-electron chi connectivity index (χ2n) is 2.79. The molecule has 0 aromatic heterocycles. The van der Waals surface area contributed by atoms with E-state index in [4.69, 9.17) is 5.73 Å². The van der Waals surface area contributed by atoms with Gasteiger partial charge in [-0.15, -0.1) is 12.6 Å². The van der Waals surface area contributed by atoms with Gasteiger partial charge < -0.3 is 5.73 Å². The first kappa shape index (κ1) is 10.6. The van der Waals surface area contributed by atoms with Crippen LogP contribution in [0.15, 0.2) is 23.1 Å². The lowest BCUT2D eigenvalue weighted by Crippen LogP contribution is -2.01. The van der Waals surface area contributed by atoms with Crippen molar-refractivity contribution in [3.05, 3.63) is 23.8 Å². The molecule has 0 aliphatic rings. The van der Waals surface area contributed by atoms with E-state index in [1.54, 1.807) is 12.1 Å². The molecule has 4 heteroatoms. The van der Waals surface area contributed by atoms with Gasteiger partial charge in [0.2, 0.25) is 0 Å². The molecule has 1 unspecified atom stereocenters. The van der Waals surface area contributed by atoms with Crippen LogP contribution in [0.25, 0.3) is 0 Å².